The van der Waals surface area contributed by atoms with Crippen molar-refractivity contribution < 1.29 is 14.4 Å². The van der Waals surface area contributed by atoms with Crippen LogP contribution >= 0.6 is 11.3 Å². The molecule has 0 spiro atoms. The van der Waals surface area contributed by atoms with Crippen LogP contribution in [0.1, 0.15) is 44.5 Å². The Labute approximate surface area is 156 Å². The minimum absolute atomic E-state index is 0.0353. The average Bonchev–Trinajstić information content (AvgIpc) is 3.24. The van der Waals surface area contributed by atoms with Crippen molar-refractivity contribution >= 4 is 28.9 Å². The van der Waals surface area contributed by atoms with Crippen molar-refractivity contribution in [2.45, 2.75) is 26.2 Å². The van der Waals surface area contributed by atoms with E-state index < -0.39 is 5.91 Å². The third-order valence-electron chi connectivity index (χ3n) is 4.73. The molecule has 1 atom stereocenters. The zero-order valence-corrected chi connectivity index (χ0v) is 15.6. The van der Waals surface area contributed by atoms with Crippen LogP contribution in [0.4, 0.5) is 0 Å². The molecular weight excluding hydrogens is 348 g/mol. The van der Waals surface area contributed by atoms with Crippen molar-refractivity contribution in [3.8, 4) is 0 Å². The lowest BCUT2D eigenvalue weighted by Gasteiger charge is -2.16. The average molecular weight is 370 g/mol. The second kappa shape index (κ2) is 7.83. The quantitative estimate of drug-likeness (QED) is 0.794. The van der Waals surface area contributed by atoms with Gasteiger partial charge in [-0.25, -0.2) is 0 Å². The maximum atomic E-state index is 12.5. The number of primary amides is 1. The molecule has 0 saturated carbocycles. The van der Waals surface area contributed by atoms with Gasteiger partial charge in [-0.15, -0.1) is 11.3 Å². The molecule has 136 valence electrons. The Balaban J connectivity index is 1.56. The zero-order valence-electron chi connectivity index (χ0n) is 14.7. The fourth-order valence-electron chi connectivity index (χ4n) is 3.35. The number of nitrogens with zero attached hydrogens (tertiary/aromatic N) is 1. The molecule has 1 aromatic heterocycles. The first-order valence-electron chi connectivity index (χ1n) is 8.67. The van der Waals surface area contributed by atoms with Crippen molar-refractivity contribution in [1.29, 1.82) is 0 Å². The number of hydrogen-bond acceptors (Lipinski definition) is 4. The van der Waals surface area contributed by atoms with E-state index in [0.29, 0.717) is 22.8 Å². The van der Waals surface area contributed by atoms with E-state index in [1.807, 2.05) is 34.5 Å². The molecule has 26 heavy (non-hydrogen) atoms. The molecule has 2 N–H and O–H groups in total. The van der Waals surface area contributed by atoms with E-state index in [2.05, 4.69) is 0 Å². The molecule has 5 nitrogen and oxygen atoms in total. The molecule has 1 aromatic carbocycles. The summed E-state index contributed by atoms with van der Waals surface area (Å²) in [5, 5.41) is 1.89. The molecule has 6 heteroatoms. The topological polar surface area (TPSA) is 80.5 Å². The summed E-state index contributed by atoms with van der Waals surface area (Å²) in [5.41, 5.74) is 7.83. The number of carbonyl (C=O) groups excluding carboxylic acids is 3. The summed E-state index contributed by atoms with van der Waals surface area (Å²) in [6.07, 6.45) is 2.13. The van der Waals surface area contributed by atoms with Gasteiger partial charge in [-0.2, -0.15) is 0 Å². The molecule has 1 fully saturated rings. The molecule has 0 aliphatic carbocycles. The number of ketones is 1. The first-order valence-corrected chi connectivity index (χ1v) is 9.55. The Morgan fingerprint density at radius 3 is 2.73 bits per heavy atom. The molecule has 1 saturated heterocycles. The van der Waals surface area contributed by atoms with Crippen LogP contribution in [-0.2, 0) is 17.6 Å². The number of hydrogen-bond donors (Lipinski definition) is 1. The summed E-state index contributed by atoms with van der Waals surface area (Å²) in [7, 11) is 0. The second-order valence-corrected chi connectivity index (χ2v) is 7.73. The van der Waals surface area contributed by atoms with Crippen LogP contribution in [0.15, 0.2) is 35.7 Å². The van der Waals surface area contributed by atoms with Crippen LogP contribution < -0.4 is 5.73 Å². The minimum Gasteiger partial charge on any atom is -0.366 e. The van der Waals surface area contributed by atoms with Crippen LogP contribution in [0, 0.1) is 5.92 Å². The highest BCUT2D eigenvalue weighted by Gasteiger charge is 2.26. The van der Waals surface area contributed by atoms with Gasteiger partial charge in [0, 0.05) is 18.7 Å². The Kier molecular flexibility index (Phi) is 5.52. The lowest BCUT2D eigenvalue weighted by Crippen LogP contribution is -2.30. The predicted molar refractivity (Wildman–Crippen MR) is 101 cm³/mol. The van der Waals surface area contributed by atoms with E-state index in [9.17, 15) is 14.4 Å². The van der Waals surface area contributed by atoms with Crippen LogP contribution in [0.5, 0.6) is 0 Å². The fraction of sp³-hybridized carbons (Fsp3) is 0.350. The summed E-state index contributed by atoms with van der Waals surface area (Å²) in [6.45, 7) is 3.02. The third kappa shape index (κ3) is 4.38. The SMILES string of the molecule is CC(=O)c1cc(CC(=O)N2CC[C@@H](Cc3cccc(C(N)=O)c3)C2)cs1. The van der Waals surface area contributed by atoms with E-state index >= 15 is 0 Å². The predicted octanol–water partition coefficient (Wildman–Crippen LogP) is 2.68. The lowest BCUT2D eigenvalue weighted by molar-refractivity contribution is -0.129. The largest absolute Gasteiger partial charge is 0.366 e. The van der Waals surface area contributed by atoms with E-state index in [4.69, 9.17) is 5.73 Å². The third-order valence-corrected chi connectivity index (χ3v) is 5.81. The molecular formula is C20H22N2O3S. The van der Waals surface area contributed by atoms with E-state index in [-0.39, 0.29) is 11.7 Å². The maximum absolute atomic E-state index is 12.5. The number of thiophene rings is 1. The molecule has 0 radical (unpaired) electrons. The molecule has 1 aliphatic heterocycles. The summed E-state index contributed by atoms with van der Waals surface area (Å²) >= 11 is 1.39. The zero-order chi connectivity index (χ0) is 18.7. The van der Waals surface area contributed by atoms with Crippen LogP contribution in [0.2, 0.25) is 0 Å². The van der Waals surface area contributed by atoms with Gasteiger partial charge in [0.1, 0.15) is 0 Å². The first-order chi connectivity index (χ1) is 12.4. The fourth-order valence-corrected chi connectivity index (χ4v) is 4.17. The van der Waals surface area contributed by atoms with Crippen molar-refractivity contribution in [1.82, 2.24) is 4.90 Å². The molecule has 2 heterocycles. The lowest BCUT2D eigenvalue weighted by atomic mass is 9.97. The summed E-state index contributed by atoms with van der Waals surface area (Å²) in [4.78, 5) is 37.8. The van der Waals surface area contributed by atoms with Gasteiger partial charge in [-0.1, -0.05) is 12.1 Å². The number of amides is 2. The molecule has 2 amide bonds. The molecule has 0 bridgehead atoms. The number of Topliss-reactive ketones (excluding diaryl/α,β-unsaturated/α-hetero) is 1. The first kappa shape index (κ1) is 18.3. The van der Waals surface area contributed by atoms with Gasteiger partial charge >= 0.3 is 0 Å². The maximum Gasteiger partial charge on any atom is 0.248 e. The molecule has 3 rings (SSSR count). The highest BCUT2D eigenvalue weighted by molar-refractivity contribution is 7.12. The standard InChI is InChI=1S/C20H22N2O3S/c1-13(23)18-9-16(12-26-18)10-19(24)22-6-5-15(11-22)7-14-3-2-4-17(8-14)20(21)25/h2-4,8-9,12,15H,5-7,10-11H2,1H3,(H2,21,25)/t15-/m0/s1. The Bertz CT molecular complexity index is 843. The highest BCUT2D eigenvalue weighted by Crippen LogP contribution is 2.23. The second-order valence-electron chi connectivity index (χ2n) is 6.82. The molecule has 0 unspecified atom stereocenters. The minimum atomic E-state index is -0.421. The van der Waals surface area contributed by atoms with Crippen molar-refractivity contribution in [2.75, 3.05) is 13.1 Å². The summed E-state index contributed by atoms with van der Waals surface area (Å²) in [6, 6.07) is 9.20. The van der Waals surface area contributed by atoms with E-state index in [1.165, 1.54) is 18.3 Å². The van der Waals surface area contributed by atoms with Gasteiger partial charge in [-0.05, 0) is 60.4 Å². The van der Waals surface area contributed by atoms with E-state index in [0.717, 1.165) is 37.1 Å². The molecule has 2 aromatic rings. The van der Waals surface area contributed by atoms with Gasteiger partial charge < -0.3 is 10.6 Å². The van der Waals surface area contributed by atoms with Crippen LogP contribution in [0.3, 0.4) is 0 Å². The summed E-state index contributed by atoms with van der Waals surface area (Å²) < 4.78 is 0. The van der Waals surface area contributed by atoms with Crippen molar-refractivity contribution in [2.24, 2.45) is 11.7 Å². The number of benzene rings is 1. The number of likely N-dealkylation sites (tertiary alicyclic amines) is 1. The molecule has 1 aliphatic rings. The highest BCUT2D eigenvalue weighted by atomic mass is 32.1. The smallest absolute Gasteiger partial charge is 0.248 e. The Hall–Kier alpha value is -2.47. The van der Waals surface area contributed by atoms with Gasteiger partial charge in [0.15, 0.2) is 5.78 Å². The monoisotopic (exact) mass is 370 g/mol. The Morgan fingerprint density at radius 2 is 2.04 bits per heavy atom. The number of carbonyl (C=O) groups is 3. The van der Waals surface area contributed by atoms with E-state index in [1.54, 1.807) is 6.07 Å². The summed E-state index contributed by atoms with van der Waals surface area (Å²) in [5.74, 6) is 0.104. The van der Waals surface area contributed by atoms with Gasteiger partial charge in [-0.3, -0.25) is 14.4 Å². The van der Waals surface area contributed by atoms with Gasteiger partial charge in [0.25, 0.3) is 0 Å². The van der Waals surface area contributed by atoms with Gasteiger partial charge in [0.2, 0.25) is 11.8 Å². The number of nitrogens with two attached hydrogens (primary N) is 1. The van der Waals surface area contributed by atoms with Gasteiger partial charge in [0.05, 0.1) is 11.3 Å². The van der Waals surface area contributed by atoms with Crippen molar-refractivity contribution in [3.05, 3.63) is 57.3 Å². The van der Waals surface area contributed by atoms with Crippen LogP contribution in [0.25, 0.3) is 0 Å². The van der Waals surface area contributed by atoms with Crippen LogP contribution in [-0.4, -0.2) is 35.6 Å². The normalized spacial score (nSPS) is 16.7. The number of rotatable bonds is 6. The van der Waals surface area contributed by atoms with Crippen molar-refractivity contribution in [3.63, 3.8) is 0 Å². The Morgan fingerprint density at radius 1 is 1.23 bits per heavy atom.